The molecule has 1 atom stereocenters. The van der Waals surface area contributed by atoms with E-state index in [0.717, 1.165) is 36.3 Å². The SMILES string of the molecule is COCC(Br)CCCOc1cccc(Br)c1. The summed E-state index contributed by atoms with van der Waals surface area (Å²) in [6, 6.07) is 7.89. The van der Waals surface area contributed by atoms with Crippen LogP contribution in [0, 0.1) is 0 Å². The molecule has 1 aromatic rings. The summed E-state index contributed by atoms with van der Waals surface area (Å²) in [6.45, 7) is 1.49. The summed E-state index contributed by atoms with van der Waals surface area (Å²) < 4.78 is 11.7. The number of halogens is 2. The fraction of sp³-hybridized carbons (Fsp3) is 0.500. The van der Waals surface area contributed by atoms with Crippen molar-refractivity contribution in [2.75, 3.05) is 20.3 Å². The number of hydrogen-bond donors (Lipinski definition) is 0. The summed E-state index contributed by atoms with van der Waals surface area (Å²) in [6.07, 6.45) is 2.08. The van der Waals surface area contributed by atoms with Gasteiger partial charge >= 0.3 is 0 Å². The zero-order valence-electron chi connectivity index (χ0n) is 9.29. The maximum Gasteiger partial charge on any atom is 0.120 e. The maximum absolute atomic E-state index is 5.62. The molecule has 2 nitrogen and oxygen atoms in total. The van der Waals surface area contributed by atoms with Gasteiger partial charge in [-0.3, -0.25) is 0 Å². The molecular weight excluding hydrogens is 336 g/mol. The van der Waals surface area contributed by atoms with Gasteiger partial charge in [0.1, 0.15) is 5.75 Å². The quantitative estimate of drug-likeness (QED) is 0.545. The maximum atomic E-state index is 5.62. The molecule has 0 aromatic heterocycles. The number of alkyl halides is 1. The molecule has 0 saturated carbocycles. The Kier molecular flexibility index (Phi) is 7.08. The lowest BCUT2D eigenvalue weighted by Crippen LogP contribution is -2.08. The van der Waals surface area contributed by atoms with Crippen molar-refractivity contribution in [3.8, 4) is 5.75 Å². The van der Waals surface area contributed by atoms with Crippen molar-refractivity contribution in [3.63, 3.8) is 0 Å². The van der Waals surface area contributed by atoms with Crippen LogP contribution in [0.25, 0.3) is 0 Å². The fourth-order valence-corrected chi connectivity index (χ4v) is 2.28. The number of benzene rings is 1. The molecule has 1 aromatic carbocycles. The lowest BCUT2D eigenvalue weighted by atomic mass is 10.2. The molecular formula is C12H16Br2O2. The Balaban J connectivity index is 2.16. The zero-order valence-corrected chi connectivity index (χ0v) is 12.5. The number of rotatable bonds is 7. The van der Waals surface area contributed by atoms with Crippen molar-refractivity contribution < 1.29 is 9.47 Å². The molecule has 90 valence electrons. The van der Waals surface area contributed by atoms with Gasteiger partial charge in [0.25, 0.3) is 0 Å². The Morgan fingerprint density at radius 3 is 2.88 bits per heavy atom. The molecule has 0 spiro atoms. The van der Waals surface area contributed by atoms with Crippen molar-refractivity contribution in [2.45, 2.75) is 17.7 Å². The first kappa shape index (κ1) is 14.0. The van der Waals surface area contributed by atoms with Gasteiger partial charge in [0.05, 0.1) is 13.2 Å². The molecule has 4 heteroatoms. The van der Waals surface area contributed by atoms with Crippen LogP contribution < -0.4 is 4.74 Å². The van der Waals surface area contributed by atoms with Gasteiger partial charge in [-0.25, -0.2) is 0 Å². The first-order valence-corrected chi connectivity index (χ1v) is 6.94. The van der Waals surface area contributed by atoms with Gasteiger partial charge in [0, 0.05) is 16.4 Å². The summed E-state index contributed by atoms with van der Waals surface area (Å²) in [7, 11) is 1.71. The summed E-state index contributed by atoms with van der Waals surface area (Å²) in [5.74, 6) is 0.909. The van der Waals surface area contributed by atoms with Crippen molar-refractivity contribution in [1.29, 1.82) is 0 Å². The first-order valence-electron chi connectivity index (χ1n) is 5.23. The molecule has 0 fully saturated rings. The van der Waals surface area contributed by atoms with Crippen LogP contribution in [0.5, 0.6) is 5.75 Å². The molecule has 0 heterocycles. The Morgan fingerprint density at radius 2 is 2.19 bits per heavy atom. The molecule has 0 aliphatic heterocycles. The van der Waals surface area contributed by atoms with Crippen LogP contribution in [-0.4, -0.2) is 25.2 Å². The van der Waals surface area contributed by atoms with Gasteiger partial charge < -0.3 is 9.47 Å². The number of hydrogen-bond acceptors (Lipinski definition) is 2. The minimum atomic E-state index is 0.420. The zero-order chi connectivity index (χ0) is 11.8. The van der Waals surface area contributed by atoms with E-state index in [1.54, 1.807) is 7.11 Å². The second-order valence-electron chi connectivity index (χ2n) is 3.50. The van der Waals surface area contributed by atoms with E-state index in [4.69, 9.17) is 9.47 Å². The fourth-order valence-electron chi connectivity index (χ4n) is 1.32. The summed E-state index contributed by atoms with van der Waals surface area (Å²) in [5, 5.41) is 0. The van der Waals surface area contributed by atoms with Crippen LogP contribution in [0.4, 0.5) is 0 Å². The van der Waals surface area contributed by atoms with Crippen LogP contribution in [0.2, 0.25) is 0 Å². The third-order valence-electron chi connectivity index (χ3n) is 2.07. The Labute approximate surface area is 114 Å². The Bertz CT molecular complexity index is 305. The Morgan fingerprint density at radius 1 is 1.38 bits per heavy atom. The van der Waals surface area contributed by atoms with Crippen molar-refractivity contribution in [3.05, 3.63) is 28.7 Å². The predicted molar refractivity (Wildman–Crippen MR) is 73.5 cm³/mol. The lowest BCUT2D eigenvalue weighted by molar-refractivity contribution is 0.195. The molecule has 0 radical (unpaired) electrons. The van der Waals surface area contributed by atoms with Gasteiger partial charge in [-0.15, -0.1) is 0 Å². The normalized spacial score (nSPS) is 12.4. The predicted octanol–water partition coefficient (Wildman–Crippen LogP) is 4.02. The van der Waals surface area contributed by atoms with Crippen LogP contribution in [0.15, 0.2) is 28.7 Å². The molecule has 0 aliphatic rings. The number of ether oxygens (including phenoxy) is 2. The number of methoxy groups -OCH3 is 1. The van der Waals surface area contributed by atoms with E-state index in [1.807, 2.05) is 24.3 Å². The van der Waals surface area contributed by atoms with E-state index >= 15 is 0 Å². The molecule has 0 bridgehead atoms. The summed E-state index contributed by atoms with van der Waals surface area (Å²) in [5.41, 5.74) is 0. The molecule has 0 amide bonds. The van der Waals surface area contributed by atoms with Crippen molar-refractivity contribution in [1.82, 2.24) is 0 Å². The molecule has 1 rings (SSSR count). The van der Waals surface area contributed by atoms with Gasteiger partial charge in [0.15, 0.2) is 0 Å². The lowest BCUT2D eigenvalue weighted by Gasteiger charge is -2.09. The molecule has 0 N–H and O–H groups in total. The monoisotopic (exact) mass is 350 g/mol. The van der Waals surface area contributed by atoms with Crippen LogP contribution in [0.1, 0.15) is 12.8 Å². The van der Waals surface area contributed by atoms with E-state index < -0.39 is 0 Å². The second kappa shape index (κ2) is 8.09. The van der Waals surface area contributed by atoms with Gasteiger partial charge in [-0.05, 0) is 31.0 Å². The third kappa shape index (κ3) is 5.87. The topological polar surface area (TPSA) is 18.5 Å². The standard InChI is InChI=1S/C12H16Br2O2/c1-15-9-11(14)5-3-7-16-12-6-2-4-10(13)8-12/h2,4,6,8,11H,3,5,7,9H2,1H3. The van der Waals surface area contributed by atoms with Crippen LogP contribution >= 0.6 is 31.9 Å². The van der Waals surface area contributed by atoms with E-state index in [2.05, 4.69) is 31.9 Å². The highest BCUT2D eigenvalue weighted by Crippen LogP contribution is 2.18. The molecule has 0 saturated heterocycles. The average Bonchev–Trinajstić information content (AvgIpc) is 2.25. The van der Waals surface area contributed by atoms with Gasteiger partial charge in [-0.1, -0.05) is 37.9 Å². The van der Waals surface area contributed by atoms with E-state index in [-0.39, 0.29) is 0 Å². The molecule has 0 aliphatic carbocycles. The summed E-state index contributed by atoms with van der Waals surface area (Å²) in [4.78, 5) is 0.420. The average molecular weight is 352 g/mol. The minimum Gasteiger partial charge on any atom is -0.494 e. The first-order chi connectivity index (χ1) is 7.72. The van der Waals surface area contributed by atoms with E-state index in [1.165, 1.54) is 0 Å². The van der Waals surface area contributed by atoms with Crippen molar-refractivity contribution >= 4 is 31.9 Å². The minimum absolute atomic E-state index is 0.420. The largest absolute Gasteiger partial charge is 0.494 e. The third-order valence-corrected chi connectivity index (χ3v) is 3.29. The van der Waals surface area contributed by atoms with Gasteiger partial charge in [-0.2, -0.15) is 0 Å². The molecule has 1 unspecified atom stereocenters. The molecule has 16 heavy (non-hydrogen) atoms. The van der Waals surface area contributed by atoms with E-state index in [0.29, 0.717) is 4.83 Å². The highest BCUT2D eigenvalue weighted by Gasteiger charge is 2.03. The van der Waals surface area contributed by atoms with Gasteiger partial charge in [0.2, 0.25) is 0 Å². The highest BCUT2D eigenvalue weighted by molar-refractivity contribution is 9.10. The van der Waals surface area contributed by atoms with E-state index in [9.17, 15) is 0 Å². The summed E-state index contributed by atoms with van der Waals surface area (Å²) >= 11 is 6.96. The smallest absolute Gasteiger partial charge is 0.120 e. The van der Waals surface area contributed by atoms with Crippen molar-refractivity contribution in [2.24, 2.45) is 0 Å². The highest BCUT2D eigenvalue weighted by atomic mass is 79.9. The Hall–Kier alpha value is -0.0600. The second-order valence-corrected chi connectivity index (χ2v) is 5.71. The van der Waals surface area contributed by atoms with Crippen LogP contribution in [-0.2, 0) is 4.74 Å². The van der Waals surface area contributed by atoms with Crippen LogP contribution in [0.3, 0.4) is 0 Å².